The van der Waals surface area contributed by atoms with Crippen LogP contribution in [0.4, 0.5) is 0 Å². The zero-order valence-electron chi connectivity index (χ0n) is 27.1. The number of carbonyl (C=O) groups excluding carboxylic acids is 1. The van der Waals surface area contributed by atoms with E-state index >= 15 is 0 Å². The Kier molecular flexibility index (Phi) is 12.2. The number of rotatable bonds is 11. The number of aliphatic hydroxyl groups excluding tert-OH is 2. The lowest BCUT2D eigenvalue weighted by Gasteiger charge is -2.43. The van der Waals surface area contributed by atoms with Crippen molar-refractivity contribution >= 4 is 40.7 Å². The SMILES string of the molecule is C[C@H]1[C@@H](CN(C)[C@H](C)[C@@H](O)c2ccccc2)O[C@@H](c2cccc(-c3cccc(CNC(=O)C(Cl)(Cl)Cl)c3)c2)O[C@H]1c1ccc(CO)cc1. The third-order valence-electron chi connectivity index (χ3n) is 9.01. The second-order valence-electron chi connectivity index (χ2n) is 12.4. The number of likely N-dealkylation sites (N-methyl/N-ethyl adjacent to an activating group) is 1. The molecule has 0 spiro atoms. The number of nitrogens with one attached hydrogen (secondary N) is 1. The summed E-state index contributed by atoms with van der Waals surface area (Å²) in [5.74, 6) is -0.710. The first-order valence-electron chi connectivity index (χ1n) is 15.9. The van der Waals surface area contributed by atoms with E-state index in [1.54, 1.807) is 0 Å². The van der Waals surface area contributed by atoms with E-state index in [0.29, 0.717) is 6.54 Å². The van der Waals surface area contributed by atoms with Crippen LogP contribution in [-0.2, 0) is 27.4 Å². The van der Waals surface area contributed by atoms with Crippen LogP contribution >= 0.6 is 34.8 Å². The summed E-state index contributed by atoms with van der Waals surface area (Å²) in [5.41, 5.74) is 6.29. The maximum atomic E-state index is 12.1. The quantitative estimate of drug-likeness (QED) is 0.138. The van der Waals surface area contributed by atoms with Crippen LogP contribution in [0.5, 0.6) is 0 Å². The number of amides is 1. The van der Waals surface area contributed by atoms with Crippen LogP contribution in [0.15, 0.2) is 103 Å². The van der Waals surface area contributed by atoms with Crippen molar-refractivity contribution in [3.63, 3.8) is 0 Å². The van der Waals surface area contributed by atoms with E-state index in [4.69, 9.17) is 44.3 Å². The minimum Gasteiger partial charge on any atom is -0.392 e. The fourth-order valence-electron chi connectivity index (χ4n) is 5.96. The van der Waals surface area contributed by atoms with Gasteiger partial charge in [-0.3, -0.25) is 9.69 Å². The Morgan fingerprint density at radius 1 is 0.875 bits per heavy atom. The number of halogens is 3. The molecule has 1 saturated heterocycles. The van der Waals surface area contributed by atoms with Gasteiger partial charge in [0.15, 0.2) is 6.29 Å². The summed E-state index contributed by atoms with van der Waals surface area (Å²) >= 11 is 17.1. The summed E-state index contributed by atoms with van der Waals surface area (Å²) in [6, 6.07) is 33.1. The minimum atomic E-state index is -2.03. The molecule has 0 aromatic heterocycles. The highest BCUT2D eigenvalue weighted by atomic mass is 35.6. The average Bonchev–Trinajstić information content (AvgIpc) is 3.11. The second-order valence-corrected chi connectivity index (χ2v) is 14.6. The molecule has 48 heavy (non-hydrogen) atoms. The first-order valence-corrected chi connectivity index (χ1v) is 17.1. The first kappa shape index (κ1) is 36.3. The molecule has 3 N–H and O–H groups in total. The van der Waals surface area contributed by atoms with E-state index in [-0.39, 0.29) is 37.3 Å². The van der Waals surface area contributed by atoms with Crippen molar-refractivity contribution in [2.24, 2.45) is 5.92 Å². The van der Waals surface area contributed by atoms with Gasteiger partial charge in [0.1, 0.15) is 0 Å². The average molecular weight is 712 g/mol. The maximum Gasteiger partial charge on any atom is 0.272 e. The number of carbonyl (C=O) groups is 1. The minimum absolute atomic E-state index is 0.0208. The van der Waals surface area contributed by atoms with Crippen LogP contribution in [0.1, 0.15) is 60.2 Å². The highest BCUT2D eigenvalue weighted by Gasteiger charge is 2.39. The van der Waals surface area contributed by atoms with E-state index < -0.39 is 22.1 Å². The summed E-state index contributed by atoms with van der Waals surface area (Å²) in [6.07, 6.45) is -1.83. The van der Waals surface area contributed by atoms with E-state index in [1.165, 1.54) is 0 Å². The van der Waals surface area contributed by atoms with Gasteiger partial charge < -0.3 is 25.0 Å². The van der Waals surface area contributed by atoms with Gasteiger partial charge in [0.25, 0.3) is 9.70 Å². The molecule has 0 bridgehead atoms. The molecule has 5 rings (SSSR count). The largest absolute Gasteiger partial charge is 0.392 e. The fraction of sp³-hybridized carbons (Fsp3) is 0.342. The Balaban J connectivity index is 1.39. The van der Waals surface area contributed by atoms with Crippen molar-refractivity contribution in [1.82, 2.24) is 10.2 Å². The highest BCUT2D eigenvalue weighted by Crippen LogP contribution is 2.42. The smallest absolute Gasteiger partial charge is 0.272 e. The van der Waals surface area contributed by atoms with Crippen molar-refractivity contribution in [1.29, 1.82) is 0 Å². The van der Waals surface area contributed by atoms with E-state index in [1.807, 2.05) is 117 Å². The molecule has 1 heterocycles. The van der Waals surface area contributed by atoms with Crippen LogP contribution in [0.3, 0.4) is 0 Å². The van der Waals surface area contributed by atoms with Crippen LogP contribution in [0.2, 0.25) is 0 Å². The van der Waals surface area contributed by atoms with Crippen LogP contribution in [0.25, 0.3) is 11.1 Å². The number of aliphatic hydroxyl groups is 2. The lowest BCUT2D eigenvalue weighted by Crippen LogP contribution is -2.46. The summed E-state index contributed by atoms with van der Waals surface area (Å²) in [5, 5.41) is 23.4. The lowest BCUT2D eigenvalue weighted by atomic mass is 9.89. The van der Waals surface area contributed by atoms with Gasteiger partial charge in [-0.2, -0.15) is 0 Å². The van der Waals surface area contributed by atoms with Crippen molar-refractivity contribution in [2.45, 2.75) is 61.4 Å². The maximum absolute atomic E-state index is 12.1. The molecule has 0 aliphatic carbocycles. The molecule has 4 aromatic carbocycles. The zero-order chi connectivity index (χ0) is 34.4. The highest BCUT2D eigenvalue weighted by molar-refractivity contribution is 6.76. The molecule has 0 radical (unpaired) electrons. The number of hydrogen-bond donors (Lipinski definition) is 3. The van der Waals surface area contributed by atoms with Crippen LogP contribution in [0, 0.1) is 5.92 Å². The molecule has 1 aliphatic rings. The van der Waals surface area contributed by atoms with E-state index in [0.717, 1.165) is 38.9 Å². The van der Waals surface area contributed by atoms with Gasteiger partial charge in [-0.15, -0.1) is 0 Å². The van der Waals surface area contributed by atoms with Gasteiger partial charge >= 0.3 is 0 Å². The molecule has 0 unspecified atom stereocenters. The first-order chi connectivity index (χ1) is 22.9. The Morgan fingerprint density at radius 3 is 2.21 bits per heavy atom. The lowest BCUT2D eigenvalue weighted by molar-refractivity contribution is -0.276. The van der Waals surface area contributed by atoms with Gasteiger partial charge in [0, 0.05) is 30.6 Å². The topological polar surface area (TPSA) is 91.3 Å². The number of nitrogens with zero attached hydrogens (tertiary/aromatic N) is 1. The fourth-order valence-corrected chi connectivity index (χ4v) is 6.16. The summed E-state index contributed by atoms with van der Waals surface area (Å²) in [6.45, 7) is 4.89. The zero-order valence-corrected chi connectivity index (χ0v) is 29.4. The number of ether oxygens (including phenoxy) is 2. The molecule has 254 valence electrons. The molecule has 10 heteroatoms. The van der Waals surface area contributed by atoms with E-state index in [9.17, 15) is 15.0 Å². The van der Waals surface area contributed by atoms with E-state index in [2.05, 4.69) is 17.1 Å². The number of hydrogen-bond acceptors (Lipinski definition) is 6. The third-order valence-corrected chi connectivity index (χ3v) is 9.53. The van der Waals surface area contributed by atoms with Gasteiger partial charge in [-0.1, -0.05) is 133 Å². The monoisotopic (exact) mass is 710 g/mol. The molecule has 7 nitrogen and oxygen atoms in total. The molecule has 4 aromatic rings. The Hall–Kier alpha value is -2.98. The Labute approximate surface area is 297 Å². The Bertz CT molecular complexity index is 1650. The third kappa shape index (κ3) is 8.97. The summed E-state index contributed by atoms with van der Waals surface area (Å²) in [4.78, 5) is 14.2. The van der Waals surface area contributed by atoms with Crippen molar-refractivity contribution in [3.8, 4) is 11.1 Å². The molecule has 1 amide bonds. The molecule has 1 aliphatic heterocycles. The van der Waals surface area contributed by atoms with Crippen LogP contribution in [-0.4, -0.2) is 50.6 Å². The van der Waals surface area contributed by atoms with Gasteiger partial charge in [0.05, 0.1) is 24.9 Å². The Morgan fingerprint density at radius 2 is 1.54 bits per heavy atom. The van der Waals surface area contributed by atoms with Gasteiger partial charge in [-0.25, -0.2) is 0 Å². The van der Waals surface area contributed by atoms with Crippen LogP contribution < -0.4 is 5.32 Å². The standard InChI is InChI=1S/C38H41Cl3N2O5/c1-24-33(22-43(3)25(2)34(45)28-10-5-4-6-11-28)47-36(48-35(24)29-17-15-26(23-44)16-18-29)32-14-8-13-31(20-32)30-12-7-9-27(19-30)21-42-37(46)38(39,40)41/h4-20,24-25,33-36,44-45H,21-23H2,1-3H3,(H,42,46)/t24-,25+,33+,34+,35+,36+/m0/s1. The molecule has 1 fully saturated rings. The molecule has 0 saturated carbocycles. The normalized spacial score (nSPS) is 21.1. The van der Waals surface area contributed by atoms with Gasteiger partial charge in [0.2, 0.25) is 0 Å². The van der Waals surface area contributed by atoms with Crippen molar-refractivity contribution in [3.05, 3.63) is 131 Å². The molecular formula is C38H41Cl3N2O5. The van der Waals surface area contributed by atoms with Gasteiger partial charge in [-0.05, 0) is 59.5 Å². The number of benzene rings is 4. The number of alkyl halides is 3. The summed E-state index contributed by atoms with van der Waals surface area (Å²) in [7, 11) is 2.01. The van der Waals surface area contributed by atoms with Crippen molar-refractivity contribution < 1.29 is 24.5 Å². The second kappa shape index (κ2) is 16.2. The molecule has 6 atom stereocenters. The molecular weight excluding hydrogens is 671 g/mol. The predicted molar refractivity (Wildman–Crippen MR) is 190 cm³/mol. The summed E-state index contributed by atoms with van der Waals surface area (Å²) < 4.78 is 11.4. The van der Waals surface area contributed by atoms with Crippen molar-refractivity contribution in [2.75, 3.05) is 13.6 Å². The predicted octanol–water partition coefficient (Wildman–Crippen LogP) is 7.68.